The van der Waals surface area contributed by atoms with Gasteiger partial charge in [0.2, 0.25) is 5.89 Å². The first kappa shape index (κ1) is 16.0. The number of piperidine rings is 1. The Morgan fingerprint density at radius 3 is 2.76 bits per heavy atom. The minimum atomic E-state index is 0.314. The summed E-state index contributed by atoms with van der Waals surface area (Å²) in [5.41, 5.74) is 2.12. The predicted octanol–water partition coefficient (Wildman–Crippen LogP) is 3.55. The van der Waals surface area contributed by atoms with E-state index in [0.717, 1.165) is 44.1 Å². The summed E-state index contributed by atoms with van der Waals surface area (Å²) in [5.74, 6) is 1.57. The summed E-state index contributed by atoms with van der Waals surface area (Å²) in [6, 6.07) is 16.4. The van der Waals surface area contributed by atoms with E-state index < -0.39 is 0 Å². The monoisotopic (exact) mass is 334 g/mol. The summed E-state index contributed by atoms with van der Waals surface area (Å²) in [6.45, 7) is 3.20. The van der Waals surface area contributed by atoms with Crippen LogP contribution < -0.4 is 0 Å². The molecule has 5 nitrogen and oxygen atoms in total. The molecule has 0 saturated carbocycles. The lowest BCUT2D eigenvalue weighted by Crippen LogP contribution is -2.35. The van der Waals surface area contributed by atoms with Gasteiger partial charge in [0.25, 0.3) is 5.89 Å². The Bertz CT molecular complexity index is 788. The molecule has 3 heterocycles. The first-order valence-corrected chi connectivity index (χ1v) is 8.89. The minimum absolute atomic E-state index is 0.314. The fraction of sp³-hybridized carbons (Fsp3) is 0.350. The van der Waals surface area contributed by atoms with Crippen LogP contribution in [0.5, 0.6) is 0 Å². The molecule has 4 rings (SSSR count). The van der Waals surface area contributed by atoms with Gasteiger partial charge in [-0.3, -0.25) is 4.98 Å². The normalized spacial score (nSPS) is 18.3. The summed E-state index contributed by atoms with van der Waals surface area (Å²) in [4.78, 5) is 6.78. The van der Waals surface area contributed by atoms with Gasteiger partial charge in [0.1, 0.15) is 5.69 Å². The largest absolute Gasteiger partial charge is 0.419 e. The Hall–Kier alpha value is -2.53. The van der Waals surface area contributed by atoms with E-state index in [1.54, 1.807) is 6.20 Å². The molecule has 1 atom stereocenters. The summed E-state index contributed by atoms with van der Waals surface area (Å²) in [7, 11) is 0. The van der Waals surface area contributed by atoms with Crippen LogP contribution in [0.3, 0.4) is 0 Å². The van der Waals surface area contributed by atoms with Crippen LogP contribution in [0.4, 0.5) is 0 Å². The van der Waals surface area contributed by atoms with Crippen LogP contribution in [0, 0.1) is 0 Å². The molecular formula is C20H22N4O. The van der Waals surface area contributed by atoms with E-state index in [1.807, 2.05) is 18.2 Å². The van der Waals surface area contributed by atoms with Gasteiger partial charge in [-0.2, -0.15) is 0 Å². The van der Waals surface area contributed by atoms with Crippen LogP contribution in [-0.2, 0) is 6.42 Å². The Labute approximate surface area is 147 Å². The van der Waals surface area contributed by atoms with Gasteiger partial charge in [0.05, 0.1) is 5.92 Å². The molecule has 3 aromatic rings. The molecule has 0 N–H and O–H groups in total. The molecular weight excluding hydrogens is 312 g/mol. The SMILES string of the molecule is c1ccc(CCN2CCC[C@@H](c3nnc(-c4ccccn4)o3)C2)cc1. The molecule has 2 aromatic heterocycles. The molecule has 1 aliphatic rings. The Balaban J connectivity index is 1.39. The fourth-order valence-electron chi connectivity index (χ4n) is 3.38. The molecule has 128 valence electrons. The topological polar surface area (TPSA) is 55.1 Å². The van der Waals surface area contributed by atoms with Gasteiger partial charge in [-0.25, -0.2) is 0 Å². The second-order valence-electron chi connectivity index (χ2n) is 6.54. The van der Waals surface area contributed by atoms with Crippen molar-refractivity contribution < 1.29 is 4.42 Å². The van der Waals surface area contributed by atoms with Crippen molar-refractivity contribution in [3.05, 3.63) is 66.2 Å². The third-order valence-corrected chi connectivity index (χ3v) is 4.74. The summed E-state index contributed by atoms with van der Waals surface area (Å²) in [5, 5.41) is 8.47. The number of pyridine rings is 1. The van der Waals surface area contributed by atoms with Crippen LogP contribution in [0.1, 0.15) is 30.2 Å². The quantitative estimate of drug-likeness (QED) is 0.714. The maximum atomic E-state index is 5.91. The van der Waals surface area contributed by atoms with Crippen LogP contribution in [-0.4, -0.2) is 39.7 Å². The fourth-order valence-corrected chi connectivity index (χ4v) is 3.38. The van der Waals surface area contributed by atoms with Gasteiger partial charge in [-0.15, -0.1) is 10.2 Å². The first-order valence-electron chi connectivity index (χ1n) is 8.89. The molecule has 0 bridgehead atoms. The summed E-state index contributed by atoms with van der Waals surface area (Å²) in [6.07, 6.45) is 5.09. The number of aromatic nitrogens is 3. The zero-order chi connectivity index (χ0) is 16.9. The molecule has 5 heteroatoms. The van der Waals surface area contributed by atoms with E-state index in [4.69, 9.17) is 4.42 Å². The number of benzene rings is 1. The van der Waals surface area contributed by atoms with Crippen LogP contribution in [0.15, 0.2) is 59.1 Å². The van der Waals surface area contributed by atoms with Crippen molar-refractivity contribution >= 4 is 0 Å². The standard InChI is InChI=1S/C20H22N4O/c1-2-7-16(8-3-1)11-14-24-13-6-9-17(15-24)19-22-23-20(25-19)18-10-4-5-12-21-18/h1-5,7-8,10,12,17H,6,9,11,13-15H2/t17-/m1/s1. The lowest BCUT2D eigenvalue weighted by molar-refractivity contribution is 0.195. The number of nitrogens with zero attached hydrogens (tertiary/aromatic N) is 4. The second-order valence-corrected chi connectivity index (χ2v) is 6.54. The van der Waals surface area contributed by atoms with Gasteiger partial charge < -0.3 is 9.32 Å². The van der Waals surface area contributed by atoms with E-state index in [2.05, 4.69) is 50.4 Å². The van der Waals surface area contributed by atoms with Gasteiger partial charge in [-0.1, -0.05) is 36.4 Å². The van der Waals surface area contributed by atoms with E-state index in [-0.39, 0.29) is 0 Å². The van der Waals surface area contributed by atoms with Gasteiger partial charge in [0.15, 0.2) is 0 Å². The average Bonchev–Trinajstić information content (AvgIpc) is 3.18. The van der Waals surface area contributed by atoms with Crippen LogP contribution in [0.25, 0.3) is 11.6 Å². The predicted molar refractivity (Wildman–Crippen MR) is 96.1 cm³/mol. The van der Waals surface area contributed by atoms with Crippen molar-refractivity contribution in [1.29, 1.82) is 0 Å². The molecule has 25 heavy (non-hydrogen) atoms. The molecule has 1 aliphatic heterocycles. The first-order chi connectivity index (χ1) is 12.4. The van der Waals surface area contributed by atoms with Gasteiger partial charge in [0, 0.05) is 19.3 Å². The number of rotatable bonds is 5. The molecule has 0 radical (unpaired) electrons. The average molecular weight is 334 g/mol. The highest BCUT2D eigenvalue weighted by molar-refractivity contribution is 5.45. The summed E-state index contributed by atoms with van der Waals surface area (Å²) < 4.78 is 5.91. The van der Waals surface area contributed by atoms with Crippen molar-refractivity contribution in [2.45, 2.75) is 25.2 Å². The van der Waals surface area contributed by atoms with Crippen molar-refractivity contribution in [3.63, 3.8) is 0 Å². The third kappa shape index (κ3) is 3.94. The van der Waals surface area contributed by atoms with Crippen molar-refractivity contribution in [2.75, 3.05) is 19.6 Å². The highest BCUT2D eigenvalue weighted by Crippen LogP contribution is 2.28. The minimum Gasteiger partial charge on any atom is -0.419 e. The molecule has 0 unspecified atom stereocenters. The smallest absolute Gasteiger partial charge is 0.266 e. The maximum Gasteiger partial charge on any atom is 0.266 e. The Kier molecular flexibility index (Phi) is 4.84. The lowest BCUT2D eigenvalue weighted by atomic mass is 9.97. The van der Waals surface area contributed by atoms with E-state index >= 15 is 0 Å². The molecule has 1 saturated heterocycles. The van der Waals surface area contributed by atoms with Crippen LogP contribution >= 0.6 is 0 Å². The molecule has 0 amide bonds. The maximum absolute atomic E-state index is 5.91. The lowest BCUT2D eigenvalue weighted by Gasteiger charge is -2.30. The molecule has 1 aromatic carbocycles. The van der Waals surface area contributed by atoms with Crippen molar-refractivity contribution in [3.8, 4) is 11.6 Å². The van der Waals surface area contributed by atoms with Gasteiger partial charge in [-0.05, 0) is 43.5 Å². The third-order valence-electron chi connectivity index (χ3n) is 4.74. The number of hydrogen-bond donors (Lipinski definition) is 0. The Morgan fingerprint density at radius 2 is 1.92 bits per heavy atom. The Morgan fingerprint density at radius 1 is 1.04 bits per heavy atom. The second kappa shape index (κ2) is 7.57. The number of likely N-dealkylation sites (tertiary alicyclic amines) is 1. The summed E-state index contributed by atoms with van der Waals surface area (Å²) >= 11 is 0. The highest BCUT2D eigenvalue weighted by Gasteiger charge is 2.26. The highest BCUT2D eigenvalue weighted by atomic mass is 16.4. The molecule has 0 aliphatic carbocycles. The van der Waals surface area contributed by atoms with E-state index in [0.29, 0.717) is 11.8 Å². The van der Waals surface area contributed by atoms with Crippen LogP contribution in [0.2, 0.25) is 0 Å². The molecule has 0 spiro atoms. The zero-order valence-corrected chi connectivity index (χ0v) is 14.2. The number of hydrogen-bond acceptors (Lipinski definition) is 5. The molecule has 1 fully saturated rings. The van der Waals surface area contributed by atoms with E-state index in [9.17, 15) is 0 Å². The zero-order valence-electron chi connectivity index (χ0n) is 14.2. The van der Waals surface area contributed by atoms with Crippen molar-refractivity contribution in [1.82, 2.24) is 20.1 Å². The van der Waals surface area contributed by atoms with E-state index in [1.165, 1.54) is 12.0 Å². The van der Waals surface area contributed by atoms with Crippen molar-refractivity contribution in [2.24, 2.45) is 0 Å². The van der Waals surface area contributed by atoms with Gasteiger partial charge >= 0.3 is 0 Å².